The van der Waals surface area contributed by atoms with Crippen LogP contribution in [0.4, 0.5) is 0 Å². The van der Waals surface area contributed by atoms with Gasteiger partial charge in [-0.1, -0.05) is 0 Å². The lowest BCUT2D eigenvalue weighted by atomic mass is 11.2. The summed E-state index contributed by atoms with van der Waals surface area (Å²) in [5.41, 5.74) is 4.94. The first kappa shape index (κ1) is 6.77. The molecule has 0 saturated carbocycles. The molecule has 0 aliphatic heterocycles. The maximum absolute atomic E-state index is 8.33. The van der Waals surface area contributed by atoms with E-state index in [0.29, 0.717) is 0 Å². The molecule has 0 fully saturated rings. The molecule has 0 radical (unpaired) electrons. The average molecular weight is 121 g/mol. The highest BCUT2D eigenvalue weighted by molar-refractivity contribution is 8.08. The average Bonchev–Trinajstić information content (AvgIpc) is 1.65. The molecule has 1 unspecified atom stereocenters. The van der Waals surface area contributed by atoms with Crippen LogP contribution in [0.1, 0.15) is 0 Å². The van der Waals surface area contributed by atoms with Crippen LogP contribution in [0.25, 0.3) is 0 Å². The van der Waals surface area contributed by atoms with Crippen molar-refractivity contribution in [2.75, 3.05) is 0 Å². The van der Waals surface area contributed by atoms with Crippen molar-refractivity contribution in [3.05, 3.63) is 0 Å². The number of nitrogens with zero attached hydrogens (tertiary/aromatic N) is 1. The summed E-state index contributed by atoms with van der Waals surface area (Å²) in [6, 6.07) is 0. The molecule has 5 N–H and O–H groups in total. The van der Waals surface area contributed by atoms with Crippen molar-refractivity contribution in [2.24, 2.45) is 15.9 Å². The molecule has 0 amide bonds. The summed E-state index contributed by atoms with van der Waals surface area (Å²) in [6.45, 7) is 3.04. The van der Waals surface area contributed by atoms with E-state index in [-0.39, 0.29) is 5.11 Å². The number of rotatable bonds is 0. The minimum absolute atomic E-state index is 0.0278. The summed E-state index contributed by atoms with van der Waals surface area (Å²) < 4.78 is 8.33. The van der Waals surface area contributed by atoms with Gasteiger partial charge in [-0.3, -0.25) is 10.9 Å². The molecule has 0 aromatic heterocycles. The van der Waals surface area contributed by atoms with E-state index < -0.39 is 11.0 Å². The molecule has 0 saturated heterocycles. The van der Waals surface area contributed by atoms with Crippen molar-refractivity contribution in [3.8, 4) is 0 Å². The zero-order valence-electron chi connectivity index (χ0n) is 3.66. The third-order valence-electron chi connectivity index (χ3n) is 0.370. The summed E-state index contributed by atoms with van der Waals surface area (Å²) in [6.07, 6.45) is 0. The Labute approximate surface area is 44.1 Å². The smallest absolute Gasteiger partial charge is 0.166 e. The standard InChI is InChI=1S/C2H7N3OS/c1-5-2(3)7(4)6/h6H,1,3-4H2. The Morgan fingerprint density at radius 3 is 2.29 bits per heavy atom. The van der Waals surface area contributed by atoms with E-state index in [9.17, 15) is 0 Å². The van der Waals surface area contributed by atoms with E-state index in [0.717, 1.165) is 0 Å². The van der Waals surface area contributed by atoms with Gasteiger partial charge in [0.15, 0.2) is 5.11 Å². The van der Waals surface area contributed by atoms with Crippen LogP contribution in [-0.2, 0) is 0 Å². The van der Waals surface area contributed by atoms with Crippen molar-refractivity contribution in [2.45, 2.75) is 0 Å². The number of hydrogen-bond acceptors (Lipinski definition) is 2. The number of aliphatic imine (C=N–C) groups is 1. The first-order valence-electron chi connectivity index (χ1n) is 1.45. The third-order valence-corrected chi connectivity index (χ3v) is 0.928. The quantitative estimate of drug-likeness (QED) is 0.294. The van der Waals surface area contributed by atoms with Gasteiger partial charge >= 0.3 is 0 Å². The molecular formula is C2H7N3OS. The molecule has 0 bridgehead atoms. The predicted octanol–water partition coefficient (Wildman–Crippen LogP) is -0.651. The summed E-state index contributed by atoms with van der Waals surface area (Å²) in [7, 11) is -1.40. The molecule has 0 aliphatic rings. The largest absolute Gasteiger partial charge is 0.321 e. The monoisotopic (exact) mass is 121 g/mol. The molecule has 0 rings (SSSR count). The van der Waals surface area contributed by atoms with Gasteiger partial charge in [-0.2, -0.15) is 0 Å². The van der Waals surface area contributed by atoms with Crippen LogP contribution in [0.5, 0.6) is 0 Å². The maximum atomic E-state index is 8.33. The van der Waals surface area contributed by atoms with Gasteiger partial charge in [-0.15, -0.1) is 0 Å². The first-order valence-corrected chi connectivity index (χ1v) is 2.70. The molecule has 7 heavy (non-hydrogen) atoms. The number of hydrogen-bond donors (Lipinski definition) is 3. The Balaban J connectivity index is 3.98. The van der Waals surface area contributed by atoms with E-state index in [4.69, 9.17) is 15.4 Å². The molecule has 0 heterocycles. The van der Waals surface area contributed by atoms with Crippen molar-refractivity contribution in [3.63, 3.8) is 0 Å². The maximum Gasteiger partial charge on any atom is 0.166 e. The third kappa shape index (κ3) is 2.46. The fourth-order valence-electron chi connectivity index (χ4n) is 0.0661. The molecular weight excluding hydrogens is 114 g/mol. The SMILES string of the molecule is C=N/C(N)=S(\N)O. The number of nitrogens with two attached hydrogens (primary N) is 2. The van der Waals surface area contributed by atoms with Gasteiger partial charge in [-0.25, -0.2) is 4.99 Å². The Hall–Kier alpha value is -0.230. The minimum Gasteiger partial charge on any atom is -0.321 e. The predicted molar refractivity (Wildman–Crippen MR) is 33.2 cm³/mol. The molecule has 0 aromatic carbocycles. The van der Waals surface area contributed by atoms with Crippen LogP contribution in [0.3, 0.4) is 0 Å². The lowest BCUT2D eigenvalue weighted by Crippen LogP contribution is -2.10. The van der Waals surface area contributed by atoms with Gasteiger partial charge in [0, 0.05) is 11.0 Å². The van der Waals surface area contributed by atoms with Gasteiger partial charge in [0.05, 0.1) is 0 Å². The fraction of sp³-hybridized carbons (Fsp3) is 0. The summed E-state index contributed by atoms with van der Waals surface area (Å²) in [5, 5.41) is 4.81. The van der Waals surface area contributed by atoms with E-state index in [1.165, 1.54) is 0 Å². The zero-order chi connectivity index (χ0) is 5.86. The lowest BCUT2D eigenvalue weighted by Gasteiger charge is -1.89. The van der Waals surface area contributed by atoms with Crippen LogP contribution in [0.2, 0.25) is 0 Å². The highest BCUT2D eigenvalue weighted by Gasteiger charge is 1.82. The summed E-state index contributed by atoms with van der Waals surface area (Å²) in [4.78, 5) is 3.17. The van der Waals surface area contributed by atoms with E-state index in [1.807, 2.05) is 0 Å². The van der Waals surface area contributed by atoms with Crippen LogP contribution in [0, 0.1) is 0 Å². The minimum atomic E-state index is -1.40. The summed E-state index contributed by atoms with van der Waals surface area (Å²) in [5.74, 6) is 0. The van der Waals surface area contributed by atoms with Crippen LogP contribution in [0.15, 0.2) is 4.99 Å². The second kappa shape index (κ2) is 2.86. The van der Waals surface area contributed by atoms with E-state index in [1.54, 1.807) is 0 Å². The van der Waals surface area contributed by atoms with Gasteiger partial charge in [0.25, 0.3) is 0 Å². The molecule has 0 aromatic rings. The molecule has 42 valence electrons. The topological polar surface area (TPSA) is 84.6 Å². The second-order valence-electron chi connectivity index (χ2n) is 0.811. The van der Waals surface area contributed by atoms with Gasteiger partial charge in [-0.05, 0) is 6.72 Å². The molecule has 4 nitrogen and oxygen atoms in total. The lowest BCUT2D eigenvalue weighted by molar-refractivity contribution is 0.661. The molecule has 5 heteroatoms. The second-order valence-corrected chi connectivity index (χ2v) is 1.86. The Kier molecular flexibility index (Phi) is 2.77. The fourth-order valence-corrected chi connectivity index (χ4v) is 0.198. The van der Waals surface area contributed by atoms with Crippen LogP contribution < -0.4 is 10.9 Å². The first-order chi connectivity index (χ1) is 3.18. The van der Waals surface area contributed by atoms with Crippen LogP contribution in [-0.4, -0.2) is 16.4 Å². The van der Waals surface area contributed by atoms with Gasteiger partial charge < -0.3 is 4.55 Å². The van der Waals surface area contributed by atoms with Gasteiger partial charge in [0.2, 0.25) is 0 Å². The van der Waals surface area contributed by atoms with E-state index >= 15 is 0 Å². The Bertz CT molecular complexity index is 106. The van der Waals surface area contributed by atoms with Crippen molar-refractivity contribution >= 4 is 22.8 Å². The van der Waals surface area contributed by atoms with Crippen LogP contribution >= 0.6 is 11.0 Å². The zero-order valence-corrected chi connectivity index (χ0v) is 4.48. The molecule has 1 atom stereocenters. The van der Waals surface area contributed by atoms with Gasteiger partial charge in [0.1, 0.15) is 0 Å². The molecule has 0 spiro atoms. The van der Waals surface area contributed by atoms with Crippen molar-refractivity contribution in [1.29, 1.82) is 0 Å². The highest BCUT2D eigenvalue weighted by Crippen LogP contribution is 1.89. The van der Waals surface area contributed by atoms with E-state index in [2.05, 4.69) is 11.7 Å². The molecule has 0 aliphatic carbocycles. The summed E-state index contributed by atoms with van der Waals surface area (Å²) >= 11 is 0. The Morgan fingerprint density at radius 1 is 1.86 bits per heavy atom. The highest BCUT2D eigenvalue weighted by atomic mass is 32.2. The van der Waals surface area contributed by atoms with Crippen molar-refractivity contribution in [1.82, 2.24) is 0 Å². The normalized spacial score (nSPS) is 15.6. The Morgan fingerprint density at radius 2 is 2.29 bits per heavy atom. The van der Waals surface area contributed by atoms with Crippen molar-refractivity contribution < 1.29 is 4.55 Å².